The highest BCUT2D eigenvalue weighted by Gasteiger charge is 2.09. The number of hydrazine groups is 1. The Morgan fingerprint density at radius 1 is 1.04 bits per heavy atom. The Morgan fingerprint density at radius 2 is 1.75 bits per heavy atom. The topological polar surface area (TPSA) is 58.2 Å². The second kappa shape index (κ2) is 8.97. The van der Waals surface area contributed by atoms with Crippen LogP contribution in [0.25, 0.3) is 0 Å². The van der Waals surface area contributed by atoms with Gasteiger partial charge in [0.25, 0.3) is 0 Å². The average molecular weight is 383 g/mol. The standard InChI is InChI=1S/C17H16Cl2N2O2S/c1-11-4-2-3-5-12(11)8-16(22)20-21-17(23)10-24-15-9-13(18)6-7-14(15)19/h2-7,9H,8,10H2,1H3,(H,20,22)(H,21,23). The summed E-state index contributed by atoms with van der Waals surface area (Å²) in [4.78, 5) is 24.4. The first-order chi connectivity index (χ1) is 11.5. The predicted molar refractivity (Wildman–Crippen MR) is 98.4 cm³/mol. The number of aryl methyl sites for hydroxylation is 1. The molecule has 2 amide bonds. The second-order valence-electron chi connectivity index (χ2n) is 5.06. The summed E-state index contributed by atoms with van der Waals surface area (Å²) >= 11 is 13.2. The summed E-state index contributed by atoms with van der Waals surface area (Å²) in [6, 6.07) is 12.7. The summed E-state index contributed by atoms with van der Waals surface area (Å²) in [5.74, 6) is -0.484. The van der Waals surface area contributed by atoms with Crippen molar-refractivity contribution in [3.63, 3.8) is 0 Å². The van der Waals surface area contributed by atoms with Crippen LogP contribution >= 0.6 is 35.0 Å². The zero-order valence-electron chi connectivity index (χ0n) is 12.9. The van der Waals surface area contributed by atoms with Crippen LogP contribution in [0.15, 0.2) is 47.4 Å². The summed E-state index contributed by atoms with van der Waals surface area (Å²) in [6.45, 7) is 1.94. The fourth-order valence-electron chi connectivity index (χ4n) is 1.93. The average Bonchev–Trinajstić information content (AvgIpc) is 2.56. The van der Waals surface area contributed by atoms with Gasteiger partial charge in [0.2, 0.25) is 11.8 Å². The molecule has 7 heteroatoms. The molecular formula is C17H16Cl2N2O2S. The lowest BCUT2D eigenvalue weighted by molar-refractivity contribution is -0.127. The normalized spacial score (nSPS) is 10.3. The van der Waals surface area contributed by atoms with Crippen LogP contribution in [0.4, 0.5) is 0 Å². The third-order valence-electron chi connectivity index (χ3n) is 3.21. The maximum absolute atomic E-state index is 11.9. The third-order valence-corrected chi connectivity index (χ3v) is 4.94. The van der Waals surface area contributed by atoms with Gasteiger partial charge in [-0.3, -0.25) is 20.4 Å². The summed E-state index contributed by atoms with van der Waals surface area (Å²) < 4.78 is 0. The van der Waals surface area contributed by atoms with Crippen LogP contribution in [-0.2, 0) is 16.0 Å². The molecule has 2 aromatic carbocycles. The molecule has 0 radical (unpaired) electrons. The molecule has 0 unspecified atom stereocenters. The van der Waals surface area contributed by atoms with Crippen molar-refractivity contribution in [3.8, 4) is 0 Å². The van der Waals surface area contributed by atoms with E-state index in [0.29, 0.717) is 14.9 Å². The van der Waals surface area contributed by atoms with Gasteiger partial charge in [0, 0.05) is 9.92 Å². The largest absolute Gasteiger partial charge is 0.273 e. The summed E-state index contributed by atoms with van der Waals surface area (Å²) in [5, 5.41) is 1.08. The monoisotopic (exact) mass is 382 g/mol. The minimum Gasteiger partial charge on any atom is -0.273 e. The first-order valence-electron chi connectivity index (χ1n) is 7.16. The number of nitrogens with one attached hydrogen (secondary N) is 2. The van der Waals surface area contributed by atoms with Crippen molar-refractivity contribution < 1.29 is 9.59 Å². The maximum atomic E-state index is 11.9. The van der Waals surface area contributed by atoms with Gasteiger partial charge in [-0.1, -0.05) is 47.5 Å². The van der Waals surface area contributed by atoms with Crippen LogP contribution in [0.2, 0.25) is 10.0 Å². The van der Waals surface area contributed by atoms with Gasteiger partial charge in [0.15, 0.2) is 0 Å². The molecule has 24 heavy (non-hydrogen) atoms. The van der Waals surface area contributed by atoms with E-state index < -0.39 is 0 Å². The highest BCUT2D eigenvalue weighted by Crippen LogP contribution is 2.29. The number of hydrogen-bond donors (Lipinski definition) is 2. The van der Waals surface area contributed by atoms with Gasteiger partial charge in [0.05, 0.1) is 17.2 Å². The summed E-state index contributed by atoms with van der Waals surface area (Å²) in [7, 11) is 0. The van der Waals surface area contributed by atoms with Crippen molar-refractivity contribution in [2.45, 2.75) is 18.2 Å². The van der Waals surface area contributed by atoms with Gasteiger partial charge in [-0.2, -0.15) is 0 Å². The molecule has 126 valence electrons. The number of thioether (sulfide) groups is 1. The lowest BCUT2D eigenvalue weighted by Gasteiger charge is -2.09. The number of halogens is 2. The van der Waals surface area contributed by atoms with Crippen molar-refractivity contribution >= 4 is 46.8 Å². The fourth-order valence-corrected chi connectivity index (χ4v) is 3.23. The molecule has 2 rings (SSSR count). The van der Waals surface area contributed by atoms with E-state index in [-0.39, 0.29) is 24.0 Å². The van der Waals surface area contributed by atoms with Crippen molar-refractivity contribution in [2.24, 2.45) is 0 Å². The molecule has 0 bridgehead atoms. The van der Waals surface area contributed by atoms with E-state index in [9.17, 15) is 9.59 Å². The smallest absolute Gasteiger partial charge is 0.248 e. The van der Waals surface area contributed by atoms with Crippen LogP contribution in [0.5, 0.6) is 0 Å². The summed E-state index contributed by atoms with van der Waals surface area (Å²) in [6.07, 6.45) is 0.209. The summed E-state index contributed by atoms with van der Waals surface area (Å²) in [5.41, 5.74) is 6.75. The van der Waals surface area contributed by atoms with Gasteiger partial charge in [-0.05, 0) is 36.2 Å². The molecule has 0 aliphatic rings. The Bertz CT molecular complexity index is 753. The molecule has 0 heterocycles. The van der Waals surface area contributed by atoms with Gasteiger partial charge in [-0.25, -0.2) is 0 Å². The van der Waals surface area contributed by atoms with Crippen molar-refractivity contribution in [1.29, 1.82) is 0 Å². The number of amides is 2. The van der Waals surface area contributed by atoms with Gasteiger partial charge >= 0.3 is 0 Å². The maximum Gasteiger partial charge on any atom is 0.248 e. The molecule has 2 N–H and O–H groups in total. The Morgan fingerprint density at radius 3 is 2.50 bits per heavy atom. The van der Waals surface area contributed by atoms with Crippen molar-refractivity contribution in [3.05, 3.63) is 63.6 Å². The molecule has 0 aliphatic heterocycles. The van der Waals surface area contributed by atoms with Crippen molar-refractivity contribution in [2.75, 3.05) is 5.75 Å². The van der Waals surface area contributed by atoms with E-state index >= 15 is 0 Å². The first-order valence-corrected chi connectivity index (χ1v) is 8.90. The molecule has 0 spiro atoms. The van der Waals surface area contributed by atoms with Gasteiger partial charge in [-0.15, -0.1) is 11.8 Å². The molecule has 0 aliphatic carbocycles. The van der Waals surface area contributed by atoms with Crippen molar-refractivity contribution in [1.82, 2.24) is 10.9 Å². The fraction of sp³-hybridized carbons (Fsp3) is 0.176. The highest BCUT2D eigenvalue weighted by atomic mass is 35.5. The van der Waals surface area contributed by atoms with E-state index in [1.54, 1.807) is 18.2 Å². The molecule has 0 saturated heterocycles. The van der Waals surface area contributed by atoms with Crippen LogP contribution in [0.3, 0.4) is 0 Å². The Kier molecular flexibility index (Phi) is 6.97. The molecule has 0 atom stereocenters. The highest BCUT2D eigenvalue weighted by molar-refractivity contribution is 8.00. The van der Waals surface area contributed by atoms with Gasteiger partial charge in [0.1, 0.15) is 0 Å². The Balaban J connectivity index is 1.77. The zero-order chi connectivity index (χ0) is 17.5. The van der Waals surface area contributed by atoms with E-state index in [4.69, 9.17) is 23.2 Å². The Hall–Kier alpha value is -1.69. The number of carbonyl (C=O) groups is 2. The molecular weight excluding hydrogens is 367 g/mol. The second-order valence-corrected chi connectivity index (χ2v) is 6.92. The lowest BCUT2D eigenvalue weighted by atomic mass is 10.1. The lowest BCUT2D eigenvalue weighted by Crippen LogP contribution is -2.43. The minimum atomic E-state index is -0.325. The molecule has 0 fully saturated rings. The van der Waals surface area contributed by atoms with E-state index in [0.717, 1.165) is 11.1 Å². The predicted octanol–water partition coefficient (Wildman–Crippen LogP) is 3.78. The first kappa shape index (κ1) is 18.6. The molecule has 0 saturated carbocycles. The van der Waals surface area contributed by atoms with E-state index in [1.807, 2.05) is 31.2 Å². The number of carbonyl (C=O) groups excluding carboxylic acids is 2. The molecule has 2 aromatic rings. The van der Waals surface area contributed by atoms with Gasteiger partial charge < -0.3 is 0 Å². The quantitative estimate of drug-likeness (QED) is 0.610. The third kappa shape index (κ3) is 5.74. The molecule has 4 nitrogen and oxygen atoms in total. The van der Waals surface area contributed by atoms with Crippen LogP contribution < -0.4 is 10.9 Å². The number of rotatable bonds is 5. The minimum absolute atomic E-state index is 0.116. The van der Waals surface area contributed by atoms with E-state index in [2.05, 4.69) is 10.9 Å². The SMILES string of the molecule is Cc1ccccc1CC(=O)NNC(=O)CSc1cc(Cl)ccc1Cl. The Labute approximate surface area is 154 Å². The molecule has 0 aromatic heterocycles. The zero-order valence-corrected chi connectivity index (χ0v) is 15.3. The number of hydrogen-bond acceptors (Lipinski definition) is 3. The number of benzene rings is 2. The van der Waals surface area contributed by atoms with Crippen LogP contribution in [0, 0.1) is 6.92 Å². The van der Waals surface area contributed by atoms with Crippen LogP contribution in [-0.4, -0.2) is 17.6 Å². The van der Waals surface area contributed by atoms with E-state index in [1.165, 1.54) is 11.8 Å². The van der Waals surface area contributed by atoms with Crippen LogP contribution in [0.1, 0.15) is 11.1 Å².